The molecule has 0 radical (unpaired) electrons. The van der Waals surface area contributed by atoms with Gasteiger partial charge in [0.1, 0.15) is 5.52 Å². The van der Waals surface area contributed by atoms with Gasteiger partial charge in [0.2, 0.25) is 0 Å². The summed E-state index contributed by atoms with van der Waals surface area (Å²) in [6.07, 6.45) is 0. The van der Waals surface area contributed by atoms with Crippen molar-refractivity contribution in [3.05, 3.63) is 39.5 Å². The third-order valence-corrected chi connectivity index (χ3v) is 4.19. The molecule has 6 heteroatoms. The van der Waals surface area contributed by atoms with E-state index in [0.717, 1.165) is 14.7 Å². The minimum Gasteiger partial charge on any atom is -0.424 e. The summed E-state index contributed by atoms with van der Waals surface area (Å²) in [5.41, 5.74) is 7.85. The third-order valence-electron chi connectivity index (χ3n) is 2.77. The van der Waals surface area contributed by atoms with E-state index < -0.39 is 0 Å². The molecule has 2 aromatic heterocycles. The molecule has 0 aliphatic carbocycles. The van der Waals surface area contributed by atoms with Crippen LogP contribution in [0.5, 0.6) is 0 Å². The molecule has 3 rings (SSSR count). The van der Waals surface area contributed by atoms with E-state index in [1.165, 1.54) is 11.3 Å². The molecule has 1 atom stereocenters. The quantitative estimate of drug-likeness (QED) is 0.707. The van der Waals surface area contributed by atoms with Gasteiger partial charge in [0.05, 0.1) is 10.4 Å². The topological polar surface area (TPSA) is 64.1 Å². The SMILES string of the molecule is CC(Nc1nc2cc(N)ccc2o1)c1ccc(Cl)s1. The molecule has 0 aliphatic rings. The second-order valence-electron chi connectivity index (χ2n) is 4.25. The Morgan fingerprint density at radius 1 is 1.37 bits per heavy atom. The summed E-state index contributed by atoms with van der Waals surface area (Å²) in [7, 11) is 0. The number of oxazole rings is 1. The summed E-state index contributed by atoms with van der Waals surface area (Å²) in [4.78, 5) is 5.49. The number of anilines is 2. The molecular formula is C13H12ClN3OS. The lowest BCUT2D eigenvalue weighted by atomic mass is 10.3. The summed E-state index contributed by atoms with van der Waals surface area (Å²) in [5, 5.41) is 3.21. The lowest BCUT2D eigenvalue weighted by Gasteiger charge is -2.08. The van der Waals surface area contributed by atoms with E-state index in [-0.39, 0.29) is 6.04 Å². The lowest BCUT2D eigenvalue weighted by molar-refractivity contribution is 0.605. The maximum Gasteiger partial charge on any atom is 0.296 e. The number of hydrogen-bond donors (Lipinski definition) is 2. The lowest BCUT2D eigenvalue weighted by Crippen LogP contribution is -2.04. The molecule has 0 aliphatic heterocycles. The number of nitrogens with zero attached hydrogens (tertiary/aromatic N) is 1. The molecule has 2 heterocycles. The highest BCUT2D eigenvalue weighted by atomic mass is 35.5. The minimum absolute atomic E-state index is 0.0860. The summed E-state index contributed by atoms with van der Waals surface area (Å²) in [6, 6.07) is 9.84. The van der Waals surface area contributed by atoms with Gasteiger partial charge in [0.15, 0.2) is 5.58 Å². The number of fused-ring (bicyclic) bond motifs is 1. The van der Waals surface area contributed by atoms with Crippen molar-refractivity contribution in [3.63, 3.8) is 0 Å². The number of nitrogens with one attached hydrogen (secondary N) is 1. The maximum atomic E-state index is 5.93. The van der Waals surface area contributed by atoms with Gasteiger partial charge in [0.25, 0.3) is 6.01 Å². The normalized spacial score (nSPS) is 12.7. The van der Waals surface area contributed by atoms with Gasteiger partial charge in [-0.05, 0) is 37.3 Å². The molecule has 98 valence electrons. The van der Waals surface area contributed by atoms with Gasteiger partial charge in [-0.2, -0.15) is 4.98 Å². The van der Waals surface area contributed by atoms with Crippen molar-refractivity contribution < 1.29 is 4.42 Å². The van der Waals surface area contributed by atoms with Crippen molar-refractivity contribution in [2.45, 2.75) is 13.0 Å². The molecule has 0 bridgehead atoms. The van der Waals surface area contributed by atoms with E-state index in [9.17, 15) is 0 Å². The highest BCUT2D eigenvalue weighted by molar-refractivity contribution is 7.16. The summed E-state index contributed by atoms with van der Waals surface area (Å²) < 4.78 is 6.39. The predicted molar refractivity (Wildman–Crippen MR) is 79.8 cm³/mol. The van der Waals surface area contributed by atoms with Crippen molar-refractivity contribution >= 4 is 45.7 Å². The monoisotopic (exact) mass is 293 g/mol. The first-order chi connectivity index (χ1) is 9.11. The van der Waals surface area contributed by atoms with Crippen LogP contribution in [-0.2, 0) is 0 Å². The first-order valence-electron chi connectivity index (χ1n) is 5.79. The highest BCUT2D eigenvalue weighted by Crippen LogP contribution is 2.30. The van der Waals surface area contributed by atoms with Gasteiger partial charge < -0.3 is 15.5 Å². The van der Waals surface area contributed by atoms with E-state index >= 15 is 0 Å². The Bertz CT molecular complexity index is 722. The molecule has 0 spiro atoms. The number of rotatable bonds is 3. The molecular weight excluding hydrogens is 282 g/mol. The standard InChI is InChI=1S/C13H12ClN3OS/c1-7(11-4-5-12(14)19-11)16-13-17-9-6-8(15)2-3-10(9)18-13/h2-7H,15H2,1H3,(H,16,17). The van der Waals surface area contributed by atoms with Crippen molar-refractivity contribution in [1.82, 2.24) is 4.98 Å². The molecule has 1 aromatic carbocycles. The number of benzene rings is 1. The van der Waals surface area contributed by atoms with Gasteiger partial charge in [-0.1, -0.05) is 11.6 Å². The van der Waals surface area contributed by atoms with Crippen molar-refractivity contribution in [3.8, 4) is 0 Å². The Morgan fingerprint density at radius 3 is 2.95 bits per heavy atom. The van der Waals surface area contributed by atoms with E-state index in [4.69, 9.17) is 21.8 Å². The molecule has 0 saturated carbocycles. The van der Waals surface area contributed by atoms with Crippen LogP contribution in [0.25, 0.3) is 11.1 Å². The Hall–Kier alpha value is -1.72. The van der Waals surface area contributed by atoms with Gasteiger partial charge in [-0.15, -0.1) is 11.3 Å². The predicted octanol–water partition coefficient (Wildman–Crippen LogP) is 4.30. The van der Waals surface area contributed by atoms with Gasteiger partial charge in [0, 0.05) is 10.6 Å². The average Bonchev–Trinajstić information content (AvgIpc) is 2.94. The zero-order valence-electron chi connectivity index (χ0n) is 10.2. The number of hydrogen-bond acceptors (Lipinski definition) is 5. The van der Waals surface area contributed by atoms with Crippen molar-refractivity contribution in [1.29, 1.82) is 0 Å². The van der Waals surface area contributed by atoms with Crippen LogP contribution in [-0.4, -0.2) is 4.98 Å². The van der Waals surface area contributed by atoms with E-state index in [2.05, 4.69) is 10.3 Å². The summed E-state index contributed by atoms with van der Waals surface area (Å²) in [5.74, 6) is 0. The van der Waals surface area contributed by atoms with Crippen molar-refractivity contribution in [2.24, 2.45) is 0 Å². The van der Waals surface area contributed by atoms with Crippen LogP contribution in [0.1, 0.15) is 17.8 Å². The summed E-state index contributed by atoms with van der Waals surface area (Å²) >= 11 is 7.46. The molecule has 4 nitrogen and oxygen atoms in total. The van der Waals surface area contributed by atoms with Crippen LogP contribution < -0.4 is 11.1 Å². The Labute approximate surface area is 119 Å². The Balaban J connectivity index is 1.85. The number of nitrogens with two attached hydrogens (primary N) is 1. The third kappa shape index (κ3) is 2.52. The number of thiophene rings is 1. The molecule has 1 unspecified atom stereocenters. The molecule has 19 heavy (non-hydrogen) atoms. The number of halogens is 1. The van der Waals surface area contributed by atoms with Crippen LogP contribution in [0.2, 0.25) is 4.34 Å². The van der Waals surface area contributed by atoms with Crippen molar-refractivity contribution in [2.75, 3.05) is 11.1 Å². The fourth-order valence-corrected chi connectivity index (χ4v) is 2.89. The zero-order valence-corrected chi connectivity index (χ0v) is 11.8. The van der Waals surface area contributed by atoms with E-state index in [0.29, 0.717) is 17.3 Å². The van der Waals surface area contributed by atoms with Crippen LogP contribution in [0, 0.1) is 0 Å². The molecule has 3 N–H and O–H groups in total. The fourth-order valence-electron chi connectivity index (χ4n) is 1.82. The van der Waals surface area contributed by atoms with Crippen LogP contribution in [0.15, 0.2) is 34.7 Å². The van der Waals surface area contributed by atoms with Gasteiger partial charge >= 0.3 is 0 Å². The fraction of sp³-hybridized carbons (Fsp3) is 0.154. The van der Waals surface area contributed by atoms with Crippen LogP contribution in [0.4, 0.5) is 11.7 Å². The largest absolute Gasteiger partial charge is 0.424 e. The Morgan fingerprint density at radius 2 is 2.21 bits per heavy atom. The Kier molecular flexibility index (Phi) is 3.08. The van der Waals surface area contributed by atoms with Gasteiger partial charge in [-0.3, -0.25) is 0 Å². The number of aromatic nitrogens is 1. The molecule has 0 fully saturated rings. The molecule has 0 amide bonds. The summed E-state index contributed by atoms with van der Waals surface area (Å²) in [6.45, 7) is 2.03. The highest BCUT2D eigenvalue weighted by Gasteiger charge is 2.12. The number of nitrogen functional groups attached to an aromatic ring is 1. The van der Waals surface area contributed by atoms with Crippen LogP contribution in [0.3, 0.4) is 0 Å². The van der Waals surface area contributed by atoms with E-state index in [1.54, 1.807) is 12.1 Å². The molecule has 3 aromatic rings. The zero-order chi connectivity index (χ0) is 13.4. The minimum atomic E-state index is 0.0860. The average molecular weight is 294 g/mol. The van der Waals surface area contributed by atoms with E-state index in [1.807, 2.05) is 25.1 Å². The second kappa shape index (κ2) is 4.75. The smallest absolute Gasteiger partial charge is 0.296 e. The second-order valence-corrected chi connectivity index (χ2v) is 6.00. The first kappa shape index (κ1) is 12.3. The molecule has 0 saturated heterocycles. The first-order valence-corrected chi connectivity index (χ1v) is 6.99. The maximum absolute atomic E-state index is 5.93. The van der Waals surface area contributed by atoms with Gasteiger partial charge in [-0.25, -0.2) is 0 Å². The van der Waals surface area contributed by atoms with Crippen LogP contribution >= 0.6 is 22.9 Å².